The second-order valence-corrected chi connectivity index (χ2v) is 5.06. The molecular formula is C15H24N2O3. The van der Waals surface area contributed by atoms with E-state index in [0.717, 1.165) is 11.3 Å². The first-order valence-electron chi connectivity index (χ1n) is 6.85. The van der Waals surface area contributed by atoms with Gasteiger partial charge in [-0.1, -0.05) is 26.0 Å². The zero-order valence-electron chi connectivity index (χ0n) is 12.3. The minimum Gasteiger partial charge on any atom is -0.497 e. The third-order valence-corrected chi connectivity index (χ3v) is 3.08. The molecule has 0 aliphatic carbocycles. The Labute approximate surface area is 120 Å². The lowest BCUT2D eigenvalue weighted by atomic mass is 10.0. The highest BCUT2D eigenvalue weighted by atomic mass is 16.5. The van der Waals surface area contributed by atoms with Gasteiger partial charge in [0.15, 0.2) is 0 Å². The summed E-state index contributed by atoms with van der Waals surface area (Å²) in [5.74, 6) is 0.974. The Kier molecular flexibility index (Phi) is 6.87. The molecule has 5 heteroatoms. The molecule has 0 saturated heterocycles. The predicted molar refractivity (Wildman–Crippen MR) is 78.7 cm³/mol. The number of hydrogen-bond acceptors (Lipinski definition) is 3. The Morgan fingerprint density at radius 2 is 2.10 bits per heavy atom. The number of ether oxygens (including phenoxy) is 1. The number of aliphatic hydroxyl groups excluding tert-OH is 1. The number of aliphatic hydroxyl groups is 1. The average Bonchev–Trinajstić information content (AvgIpc) is 2.45. The quantitative estimate of drug-likeness (QED) is 0.714. The first kappa shape index (κ1) is 16.3. The maximum absolute atomic E-state index is 11.6. The summed E-state index contributed by atoms with van der Waals surface area (Å²) in [6.07, 6.45) is 0.179. The lowest BCUT2D eigenvalue weighted by Gasteiger charge is -2.14. The number of methoxy groups -OCH3 is 1. The number of nitrogens with one attached hydrogen (secondary N) is 2. The van der Waals surface area contributed by atoms with Crippen molar-refractivity contribution >= 4 is 6.03 Å². The molecule has 3 N–H and O–H groups in total. The highest BCUT2D eigenvalue weighted by molar-refractivity contribution is 5.73. The van der Waals surface area contributed by atoms with Crippen LogP contribution in [0.3, 0.4) is 0 Å². The highest BCUT2D eigenvalue weighted by Gasteiger charge is 2.09. The van der Waals surface area contributed by atoms with Gasteiger partial charge in [0.05, 0.1) is 13.2 Å². The monoisotopic (exact) mass is 280 g/mol. The summed E-state index contributed by atoms with van der Waals surface area (Å²) in [6.45, 7) is 4.81. The van der Waals surface area contributed by atoms with Crippen molar-refractivity contribution in [2.24, 2.45) is 5.92 Å². The Hall–Kier alpha value is -1.75. The number of hydrogen-bond donors (Lipinski definition) is 3. The molecule has 1 unspecified atom stereocenters. The molecule has 1 aromatic rings. The SMILES string of the molecule is COc1cccc(CNC(=O)NCCC(O)C(C)C)c1. The summed E-state index contributed by atoms with van der Waals surface area (Å²) in [5, 5.41) is 15.1. The van der Waals surface area contributed by atoms with Crippen LogP contribution in [0.4, 0.5) is 4.79 Å². The Morgan fingerprint density at radius 1 is 1.35 bits per heavy atom. The summed E-state index contributed by atoms with van der Waals surface area (Å²) in [7, 11) is 1.61. The minimum atomic E-state index is -0.381. The molecule has 20 heavy (non-hydrogen) atoms. The second-order valence-electron chi connectivity index (χ2n) is 5.06. The van der Waals surface area contributed by atoms with E-state index in [9.17, 15) is 9.90 Å². The number of urea groups is 1. The van der Waals surface area contributed by atoms with E-state index in [-0.39, 0.29) is 18.1 Å². The Bertz CT molecular complexity index is 421. The van der Waals surface area contributed by atoms with Crippen LogP contribution in [-0.2, 0) is 6.54 Å². The molecule has 0 heterocycles. The average molecular weight is 280 g/mol. The maximum atomic E-state index is 11.6. The summed E-state index contributed by atoms with van der Waals surface area (Å²) >= 11 is 0. The topological polar surface area (TPSA) is 70.6 Å². The summed E-state index contributed by atoms with van der Waals surface area (Å²) in [5.41, 5.74) is 0.974. The molecule has 1 aromatic carbocycles. The molecule has 112 valence electrons. The standard InChI is InChI=1S/C15H24N2O3/c1-11(2)14(18)7-8-16-15(19)17-10-12-5-4-6-13(9-12)20-3/h4-6,9,11,14,18H,7-8,10H2,1-3H3,(H2,16,17,19). The molecule has 0 bridgehead atoms. The van der Waals surface area contributed by atoms with E-state index in [1.54, 1.807) is 7.11 Å². The van der Waals surface area contributed by atoms with Crippen LogP contribution in [0.15, 0.2) is 24.3 Å². The van der Waals surface area contributed by atoms with Crippen LogP contribution >= 0.6 is 0 Å². The predicted octanol–water partition coefficient (Wildman–Crippen LogP) is 1.90. The number of amides is 2. The molecule has 5 nitrogen and oxygen atoms in total. The van der Waals surface area contributed by atoms with Gasteiger partial charge in [-0.3, -0.25) is 0 Å². The molecule has 0 aromatic heterocycles. The van der Waals surface area contributed by atoms with Gasteiger partial charge in [-0.2, -0.15) is 0 Å². The van der Waals surface area contributed by atoms with E-state index in [2.05, 4.69) is 10.6 Å². The van der Waals surface area contributed by atoms with Crippen molar-refractivity contribution in [3.63, 3.8) is 0 Å². The van der Waals surface area contributed by atoms with Crippen molar-refractivity contribution in [2.45, 2.75) is 32.9 Å². The number of carbonyl (C=O) groups excluding carboxylic acids is 1. The van der Waals surface area contributed by atoms with Gasteiger partial charge in [0.1, 0.15) is 5.75 Å². The fourth-order valence-electron chi connectivity index (χ4n) is 1.69. The first-order valence-corrected chi connectivity index (χ1v) is 6.85. The molecule has 2 amide bonds. The fourth-order valence-corrected chi connectivity index (χ4v) is 1.69. The summed E-state index contributed by atoms with van der Waals surface area (Å²) < 4.78 is 5.12. The second kappa shape index (κ2) is 8.43. The number of carbonyl (C=O) groups is 1. The van der Waals surface area contributed by atoms with Crippen LogP contribution in [0.1, 0.15) is 25.8 Å². The Balaban J connectivity index is 2.26. The van der Waals surface area contributed by atoms with Crippen molar-refractivity contribution in [1.82, 2.24) is 10.6 Å². The van der Waals surface area contributed by atoms with Crippen molar-refractivity contribution in [1.29, 1.82) is 0 Å². The van der Waals surface area contributed by atoms with Crippen LogP contribution < -0.4 is 15.4 Å². The molecule has 0 aliphatic rings. The Morgan fingerprint density at radius 3 is 2.75 bits per heavy atom. The van der Waals surface area contributed by atoms with E-state index in [4.69, 9.17) is 4.74 Å². The van der Waals surface area contributed by atoms with Gasteiger partial charge in [-0.25, -0.2) is 4.79 Å². The van der Waals surface area contributed by atoms with Crippen molar-refractivity contribution in [2.75, 3.05) is 13.7 Å². The van der Waals surface area contributed by atoms with E-state index >= 15 is 0 Å². The van der Waals surface area contributed by atoms with Gasteiger partial charge in [0.2, 0.25) is 0 Å². The van der Waals surface area contributed by atoms with Gasteiger partial charge < -0.3 is 20.5 Å². The molecule has 0 radical (unpaired) electrons. The molecular weight excluding hydrogens is 256 g/mol. The van der Waals surface area contributed by atoms with Crippen LogP contribution in [-0.4, -0.2) is 30.9 Å². The zero-order valence-corrected chi connectivity index (χ0v) is 12.3. The molecule has 0 fully saturated rings. The summed E-state index contributed by atoms with van der Waals surface area (Å²) in [6, 6.07) is 7.31. The first-order chi connectivity index (χ1) is 9.52. The van der Waals surface area contributed by atoms with Gasteiger partial charge in [-0.15, -0.1) is 0 Å². The van der Waals surface area contributed by atoms with Gasteiger partial charge >= 0.3 is 6.03 Å². The molecule has 1 rings (SSSR count). The van der Waals surface area contributed by atoms with E-state index < -0.39 is 0 Å². The van der Waals surface area contributed by atoms with Crippen molar-refractivity contribution in [3.05, 3.63) is 29.8 Å². The van der Waals surface area contributed by atoms with Crippen molar-refractivity contribution in [3.8, 4) is 5.75 Å². The molecule has 0 aliphatic heterocycles. The third kappa shape index (κ3) is 5.93. The maximum Gasteiger partial charge on any atom is 0.315 e. The smallest absolute Gasteiger partial charge is 0.315 e. The van der Waals surface area contributed by atoms with E-state index in [1.807, 2.05) is 38.1 Å². The fraction of sp³-hybridized carbons (Fsp3) is 0.533. The molecule has 1 atom stereocenters. The lowest BCUT2D eigenvalue weighted by Crippen LogP contribution is -2.37. The largest absolute Gasteiger partial charge is 0.497 e. The zero-order chi connectivity index (χ0) is 15.0. The number of rotatable bonds is 7. The summed E-state index contributed by atoms with van der Waals surface area (Å²) in [4.78, 5) is 11.6. The molecule has 0 saturated carbocycles. The van der Waals surface area contributed by atoms with Crippen LogP contribution in [0, 0.1) is 5.92 Å². The third-order valence-electron chi connectivity index (χ3n) is 3.08. The van der Waals surface area contributed by atoms with E-state index in [0.29, 0.717) is 19.5 Å². The van der Waals surface area contributed by atoms with Crippen LogP contribution in [0.5, 0.6) is 5.75 Å². The van der Waals surface area contributed by atoms with Crippen molar-refractivity contribution < 1.29 is 14.6 Å². The lowest BCUT2D eigenvalue weighted by molar-refractivity contribution is 0.116. The van der Waals surface area contributed by atoms with Crippen LogP contribution in [0.25, 0.3) is 0 Å². The van der Waals surface area contributed by atoms with Gasteiger partial charge in [0.25, 0.3) is 0 Å². The normalized spacial score (nSPS) is 12.1. The molecule has 0 spiro atoms. The number of benzene rings is 1. The van der Waals surface area contributed by atoms with Gasteiger partial charge in [-0.05, 0) is 30.0 Å². The van der Waals surface area contributed by atoms with Crippen LogP contribution in [0.2, 0.25) is 0 Å². The minimum absolute atomic E-state index is 0.205. The van der Waals surface area contributed by atoms with E-state index in [1.165, 1.54) is 0 Å². The highest BCUT2D eigenvalue weighted by Crippen LogP contribution is 2.12. The van der Waals surface area contributed by atoms with Gasteiger partial charge in [0, 0.05) is 13.1 Å².